The molecule has 0 bridgehead atoms. The predicted molar refractivity (Wildman–Crippen MR) is 75.5 cm³/mol. The van der Waals surface area contributed by atoms with E-state index in [0.717, 1.165) is 10.9 Å². The topological polar surface area (TPSA) is 93.9 Å². The first-order valence-corrected chi connectivity index (χ1v) is 6.52. The van der Waals surface area contributed by atoms with Crippen molar-refractivity contribution in [3.8, 4) is 5.75 Å². The van der Waals surface area contributed by atoms with E-state index in [2.05, 4.69) is 20.6 Å². The Balaban J connectivity index is 2.02. The van der Waals surface area contributed by atoms with Crippen molar-refractivity contribution in [3.63, 3.8) is 0 Å². The van der Waals surface area contributed by atoms with Gasteiger partial charge in [-0.2, -0.15) is 5.21 Å². The monoisotopic (exact) mass is 306 g/mol. The Morgan fingerprint density at radius 2 is 2.14 bits per heavy atom. The minimum atomic E-state index is -0.369. The lowest BCUT2D eigenvalue weighted by atomic mass is 10.1. The van der Waals surface area contributed by atoms with Crippen LogP contribution in [0.3, 0.4) is 0 Å². The summed E-state index contributed by atoms with van der Waals surface area (Å²) >= 11 is 6.20. The van der Waals surface area contributed by atoms with Crippen LogP contribution in [0.4, 0.5) is 0 Å². The molecule has 0 saturated heterocycles. The quantitative estimate of drug-likeness (QED) is 0.745. The minimum absolute atomic E-state index is 0.108. The lowest BCUT2D eigenvalue weighted by molar-refractivity contribution is 0.296. The van der Waals surface area contributed by atoms with Gasteiger partial charge in [0.2, 0.25) is 5.82 Å². The van der Waals surface area contributed by atoms with Crippen molar-refractivity contribution in [2.24, 2.45) is 0 Å². The van der Waals surface area contributed by atoms with Crippen molar-refractivity contribution in [1.82, 2.24) is 20.6 Å². The van der Waals surface area contributed by atoms with Crippen LogP contribution in [-0.2, 0) is 6.61 Å². The molecule has 0 aliphatic rings. The first kappa shape index (κ1) is 13.6. The third-order valence-corrected chi connectivity index (χ3v) is 3.55. The molecule has 3 aromatic rings. The maximum atomic E-state index is 11.7. The fourth-order valence-corrected chi connectivity index (χ4v) is 2.16. The molecule has 0 saturated carbocycles. The van der Waals surface area contributed by atoms with E-state index in [4.69, 9.17) is 20.8 Å². The van der Waals surface area contributed by atoms with Gasteiger partial charge in [-0.15, -0.1) is 10.2 Å². The molecule has 21 heavy (non-hydrogen) atoms. The minimum Gasteiger partial charge on any atom is -0.484 e. The molecular weight excluding hydrogens is 296 g/mol. The third-order valence-electron chi connectivity index (χ3n) is 3.26. The van der Waals surface area contributed by atoms with Crippen molar-refractivity contribution in [2.75, 3.05) is 0 Å². The van der Waals surface area contributed by atoms with Gasteiger partial charge in [-0.3, -0.25) is 0 Å². The number of nitrogens with one attached hydrogen (secondary N) is 1. The van der Waals surface area contributed by atoms with Gasteiger partial charge < -0.3 is 9.15 Å². The van der Waals surface area contributed by atoms with E-state index in [-0.39, 0.29) is 12.2 Å². The van der Waals surface area contributed by atoms with E-state index in [0.29, 0.717) is 27.7 Å². The number of benzene rings is 1. The number of rotatable bonds is 3. The van der Waals surface area contributed by atoms with Crippen molar-refractivity contribution in [2.45, 2.75) is 20.5 Å². The van der Waals surface area contributed by atoms with Crippen LogP contribution in [0, 0.1) is 13.8 Å². The highest BCUT2D eigenvalue weighted by molar-refractivity contribution is 6.32. The van der Waals surface area contributed by atoms with Crippen LogP contribution in [0.25, 0.3) is 11.0 Å². The summed E-state index contributed by atoms with van der Waals surface area (Å²) < 4.78 is 10.8. The zero-order valence-corrected chi connectivity index (χ0v) is 12.1. The molecule has 0 aliphatic heterocycles. The molecule has 3 rings (SSSR count). The normalized spacial score (nSPS) is 11.0. The van der Waals surface area contributed by atoms with Crippen molar-refractivity contribution in [1.29, 1.82) is 0 Å². The van der Waals surface area contributed by atoms with Gasteiger partial charge in [0.15, 0.2) is 6.61 Å². The first-order chi connectivity index (χ1) is 10.1. The smallest absolute Gasteiger partial charge is 0.339 e. The van der Waals surface area contributed by atoms with E-state index in [9.17, 15) is 4.79 Å². The molecule has 0 amide bonds. The lowest BCUT2D eigenvalue weighted by Gasteiger charge is -2.09. The molecule has 1 N–H and O–H groups in total. The largest absolute Gasteiger partial charge is 0.484 e. The fourth-order valence-electron chi connectivity index (χ4n) is 1.94. The fraction of sp³-hybridized carbons (Fsp3) is 0.231. The van der Waals surface area contributed by atoms with Crippen molar-refractivity contribution in [3.05, 3.63) is 44.5 Å². The lowest BCUT2D eigenvalue weighted by Crippen LogP contribution is -2.06. The Labute approximate surface area is 123 Å². The number of fused-ring (bicyclic) bond motifs is 1. The van der Waals surface area contributed by atoms with Gasteiger partial charge in [-0.1, -0.05) is 16.8 Å². The van der Waals surface area contributed by atoms with Crippen LogP contribution in [0.1, 0.15) is 17.0 Å². The van der Waals surface area contributed by atoms with Gasteiger partial charge in [0, 0.05) is 17.0 Å². The third kappa shape index (κ3) is 2.47. The summed E-state index contributed by atoms with van der Waals surface area (Å²) in [7, 11) is 0. The van der Waals surface area contributed by atoms with Gasteiger partial charge in [-0.05, 0) is 25.5 Å². The molecule has 0 aliphatic carbocycles. The molecule has 8 heteroatoms. The maximum absolute atomic E-state index is 11.7. The second kappa shape index (κ2) is 5.17. The van der Waals surface area contributed by atoms with Gasteiger partial charge in [0.05, 0.1) is 5.02 Å². The molecule has 7 nitrogen and oxygen atoms in total. The molecule has 2 heterocycles. The van der Waals surface area contributed by atoms with Gasteiger partial charge in [-0.25, -0.2) is 4.79 Å². The standard InChI is InChI=1S/C13H11ClN4O3/c1-6-7(2)13(19)21-10-4-11(9(14)3-8(6)10)20-5-12-15-17-18-16-12/h3-4H,5H2,1-2H3,(H,15,16,17,18). The number of halogens is 1. The number of nitrogens with zero attached hydrogens (tertiary/aromatic N) is 3. The average Bonchev–Trinajstić information content (AvgIpc) is 2.97. The summed E-state index contributed by atoms with van der Waals surface area (Å²) in [5, 5.41) is 14.5. The zero-order valence-electron chi connectivity index (χ0n) is 11.3. The summed E-state index contributed by atoms with van der Waals surface area (Å²) in [6.45, 7) is 3.68. The summed E-state index contributed by atoms with van der Waals surface area (Å²) in [5.41, 5.74) is 1.47. The molecule has 1 aromatic carbocycles. The molecule has 0 radical (unpaired) electrons. The van der Waals surface area contributed by atoms with E-state index < -0.39 is 0 Å². The molecule has 2 aromatic heterocycles. The van der Waals surface area contributed by atoms with Crippen LogP contribution in [0.5, 0.6) is 5.75 Å². The molecule has 0 unspecified atom stereocenters. The van der Waals surface area contributed by atoms with Crippen LogP contribution in [0.15, 0.2) is 21.3 Å². The van der Waals surface area contributed by atoms with E-state index in [1.54, 1.807) is 19.1 Å². The van der Waals surface area contributed by atoms with Gasteiger partial charge in [0.25, 0.3) is 0 Å². The van der Waals surface area contributed by atoms with Crippen LogP contribution in [0.2, 0.25) is 5.02 Å². The van der Waals surface area contributed by atoms with Crippen molar-refractivity contribution < 1.29 is 9.15 Å². The number of tetrazole rings is 1. The average molecular weight is 307 g/mol. The number of aryl methyl sites for hydroxylation is 1. The van der Waals surface area contributed by atoms with Crippen molar-refractivity contribution >= 4 is 22.6 Å². The van der Waals surface area contributed by atoms with Gasteiger partial charge in [0.1, 0.15) is 11.3 Å². The Bertz CT molecular complexity index is 858. The molecular formula is C13H11ClN4O3. The number of ether oxygens (including phenoxy) is 1. The highest BCUT2D eigenvalue weighted by Gasteiger charge is 2.12. The van der Waals surface area contributed by atoms with Crippen LogP contribution < -0.4 is 10.4 Å². The SMILES string of the molecule is Cc1c(C)c2cc(Cl)c(OCc3nn[nH]n3)cc2oc1=O. The second-order valence-corrected chi connectivity index (χ2v) is 4.94. The summed E-state index contributed by atoms with van der Waals surface area (Å²) in [5.74, 6) is 0.785. The summed E-state index contributed by atoms with van der Waals surface area (Å²) in [4.78, 5) is 11.7. The van der Waals surface area contributed by atoms with Crippen LogP contribution in [-0.4, -0.2) is 20.6 Å². The molecule has 0 atom stereocenters. The highest BCUT2D eigenvalue weighted by atomic mass is 35.5. The van der Waals surface area contributed by atoms with Gasteiger partial charge >= 0.3 is 5.63 Å². The number of aromatic amines is 1. The Morgan fingerprint density at radius 3 is 2.86 bits per heavy atom. The zero-order chi connectivity index (χ0) is 15.0. The predicted octanol–water partition coefficient (Wildman–Crippen LogP) is 2.16. The number of H-pyrrole nitrogens is 1. The molecule has 0 fully saturated rings. The Morgan fingerprint density at radius 1 is 1.33 bits per heavy atom. The molecule has 108 valence electrons. The number of hydrogen-bond donors (Lipinski definition) is 1. The molecule has 0 spiro atoms. The number of aromatic nitrogens is 4. The number of hydrogen-bond acceptors (Lipinski definition) is 6. The summed E-state index contributed by atoms with van der Waals surface area (Å²) in [6.07, 6.45) is 0. The van der Waals surface area contributed by atoms with E-state index in [1.807, 2.05) is 6.92 Å². The maximum Gasteiger partial charge on any atom is 0.339 e. The van der Waals surface area contributed by atoms with E-state index in [1.165, 1.54) is 0 Å². The van der Waals surface area contributed by atoms with E-state index >= 15 is 0 Å². The first-order valence-electron chi connectivity index (χ1n) is 6.15. The summed E-state index contributed by atoms with van der Waals surface area (Å²) in [6, 6.07) is 3.30. The second-order valence-electron chi connectivity index (χ2n) is 4.54. The Hall–Kier alpha value is -2.41. The Kier molecular flexibility index (Phi) is 3.34. The van der Waals surface area contributed by atoms with Crippen LogP contribution >= 0.6 is 11.6 Å². The highest BCUT2D eigenvalue weighted by Crippen LogP contribution is 2.32.